The van der Waals surface area contributed by atoms with Gasteiger partial charge in [0, 0.05) is 35.9 Å². The fourth-order valence-corrected chi connectivity index (χ4v) is 5.33. The lowest BCUT2D eigenvalue weighted by atomic mass is 9.93. The smallest absolute Gasteiger partial charge is 0.329 e. The molecule has 0 amide bonds. The van der Waals surface area contributed by atoms with Crippen LogP contribution in [0.4, 0.5) is 17.6 Å². The number of nitrogens with zero attached hydrogens (tertiary/aromatic N) is 3. The first-order chi connectivity index (χ1) is 15.1. The number of aromatic nitrogens is 3. The Kier molecular flexibility index (Phi) is 5.01. The molecular formula is C21H20F4N4O2S. The van der Waals surface area contributed by atoms with Crippen molar-refractivity contribution in [2.24, 2.45) is 0 Å². The van der Waals surface area contributed by atoms with Gasteiger partial charge in [-0.05, 0) is 55.9 Å². The number of alkyl halides is 3. The van der Waals surface area contributed by atoms with E-state index in [0.717, 1.165) is 37.6 Å². The zero-order chi connectivity index (χ0) is 22.7. The molecule has 3 aromatic heterocycles. The minimum absolute atomic E-state index is 0.0315. The number of fused-ring (bicyclic) bond motifs is 1. The summed E-state index contributed by atoms with van der Waals surface area (Å²) in [6.45, 7) is -0.0315. The lowest BCUT2D eigenvalue weighted by Crippen LogP contribution is -2.26. The Balaban J connectivity index is 1.62. The number of hydrogen-bond donors (Lipinski definition) is 1. The molecule has 11 heteroatoms. The molecule has 170 valence electrons. The molecular weight excluding hydrogens is 448 g/mol. The fraction of sp³-hybridized carbons (Fsp3) is 0.429. The van der Waals surface area contributed by atoms with E-state index in [2.05, 4.69) is 14.7 Å². The molecule has 1 N–H and O–H groups in total. The van der Waals surface area contributed by atoms with Crippen molar-refractivity contribution in [2.75, 3.05) is 0 Å². The summed E-state index contributed by atoms with van der Waals surface area (Å²) in [5.41, 5.74) is -1.19. The zero-order valence-electron chi connectivity index (χ0n) is 16.9. The second kappa shape index (κ2) is 7.51. The van der Waals surface area contributed by atoms with E-state index in [4.69, 9.17) is 0 Å². The van der Waals surface area contributed by atoms with Crippen molar-refractivity contribution in [2.45, 2.75) is 56.1 Å². The Morgan fingerprint density at radius 3 is 2.56 bits per heavy atom. The second-order valence-corrected chi connectivity index (χ2v) is 10.3. The largest absolute Gasteiger partial charge is 0.434 e. The Hall–Kier alpha value is -2.53. The molecule has 0 radical (unpaired) electrons. The third-order valence-electron chi connectivity index (χ3n) is 6.07. The minimum Gasteiger partial charge on any atom is -0.329 e. The van der Waals surface area contributed by atoms with E-state index in [-0.39, 0.29) is 12.6 Å². The van der Waals surface area contributed by atoms with E-state index < -0.39 is 44.2 Å². The summed E-state index contributed by atoms with van der Waals surface area (Å²) in [6, 6.07) is 3.68. The van der Waals surface area contributed by atoms with Gasteiger partial charge in [0.25, 0.3) is 0 Å². The van der Waals surface area contributed by atoms with Crippen molar-refractivity contribution in [1.29, 1.82) is 0 Å². The van der Waals surface area contributed by atoms with Crippen molar-refractivity contribution in [3.05, 3.63) is 47.7 Å². The Morgan fingerprint density at radius 2 is 1.94 bits per heavy atom. The van der Waals surface area contributed by atoms with E-state index in [9.17, 15) is 21.6 Å². The SMILES string of the molecule is O=S(=O)(NCc1cn(C2CCC2)c2nc(-c3cccnc3C(F)(F)F)c(F)cc12)C1CC1. The maximum Gasteiger partial charge on any atom is 0.434 e. The lowest BCUT2D eigenvalue weighted by molar-refractivity contribution is -0.140. The first-order valence-corrected chi connectivity index (χ1v) is 11.9. The standard InChI is InChI=1S/C21H20F4N4O2S/c22-17-9-16-12(10-27-32(30,31)14-6-7-14)11-29(13-3-1-4-13)20(16)28-18(17)15-5-2-8-26-19(15)21(23,24)25/h2,5,8-9,11,13-14,27H,1,3-4,6-7,10H2. The molecule has 6 nitrogen and oxygen atoms in total. The monoisotopic (exact) mass is 468 g/mol. The van der Waals surface area contributed by atoms with E-state index in [0.29, 0.717) is 29.4 Å². The number of hydrogen-bond acceptors (Lipinski definition) is 4. The van der Waals surface area contributed by atoms with Crippen LogP contribution >= 0.6 is 0 Å². The van der Waals surface area contributed by atoms with Crippen LogP contribution < -0.4 is 4.72 Å². The Morgan fingerprint density at radius 1 is 1.19 bits per heavy atom. The van der Waals surface area contributed by atoms with Crippen LogP contribution in [0.2, 0.25) is 0 Å². The highest BCUT2D eigenvalue weighted by Crippen LogP contribution is 2.39. The summed E-state index contributed by atoms with van der Waals surface area (Å²) in [7, 11) is -3.45. The molecule has 0 aromatic carbocycles. The minimum atomic E-state index is -4.76. The van der Waals surface area contributed by atoms with Crippen LogP contribution in [0.5, 0.6) is 0 Å². The summed E-state index contributed by atoms with van der Waals surface area (Å²) < 4.78 is 84.3. The number of nitrogens with one attached hydrogen (secondary N) is 1. The predicted molar refractivity (Wildman–Crippen MR) is 110 cm³/mol. The second-order valence-electron chi connectivity index (χ2n) is 8.30. The molecule has 0 bridgehead atoms. The van der Waals surface area contributed by atoms with E-state index >= 15 is 4.39 Å². The van der Waals surface area contributed by atoms with E-state index in [1.807, 2.05) is 4.57 Å². The molecule has 2 fully saturated rings. The van der Waals surface area contributed by atoms with Gasteiger partial charge in [0.05, 0.1) is 5.25 Å². The van der Waals surface area contributed by atoms with Crippen LogP contribution in [0.25, 0.3) is 22.3 Å². The fourth-order valence-electron chi connectivity index (χ4n) is 3.98. The van der Waals surface area contributed by atoms with Gasteiger partial charge in [0.1, 0.15) is 17.2 Å². The van der Waals surface area contributed by atoms with Gasteiger partial charge in [-0.2, -0.15) is 13.2 Å². The lowest BCUT2D eigenvalue weighted by Gasteiger charge is -2.27. The van der Waals surface area contributed by atoms with Crippen molar-refractivity contribution in [3.8, 4) is 11.3 Å². The summed E-state index contributed by atoms with van der Waals surface area (Å²) in [6.07, 6.45) is 1.94. The van der Waals surface area contributed by atoms with Crippen molar-refractivity contribution >= 4 is 21.1 Å². The van der Waals surface area contributed by atoms with Gasteiger partial charge >= 0.3 is 6.18 Å². The number of rotatable bonds is 6. The van der Waals surface area contributed by atoms with Gasteiger partial charge in [-0.1, -0.05) is 0 Å². The van der Waals surface area contributed by atoms with E-state index in [1.54, 1.807) is 6.20 Å². The average molecular weight is 468 g/mol. The van der Waals surface area contributed by atoms with Gasteiger partial charge in [0.2, 0.25) is 10.0 Å². The van der Waals surface area contributed by atoms with Crippen LogP contribution in [0.1, 0.15) is 49.4 Å². The first-order valence-electron chi connectivity index (χ1n) is 10.4. The van der Waals surface area contributed by atoms with Gasteiger partial charge in [-0.3, -0.25) is 4.98 Å². The van der Waals surface area contributed by atoms with Crippen molar-refractivity contribution in [3.63, 3.8) is 0 Å². The molecule has 0 saturated heterocycles. The van der Waals surface area contributed by atoms with Gasteiger partial charge < -0.3 is 4.57 Å². The topological polar surface area (TPSA) is 76.9 Å². The Labute approximate surface area is 181 Å². The van der Waals surface area contributed by atoms with Gasteiger partial charge in [-0.15, -0.1) is 0 Å². The van der Waals surface area contributed by atoms with Crippen LogP contribution in [-0.2, 0) is 22.7 Å². The molecule has 0 unspecified atom stereocenters. The van der Waals surface area contributed by atoms with Crippen LogP contribution in [0.3, 0.4) is 0 Å². The number of pyridine rings is 2. The highest BCUT2D eigenvalue weighted by Gasteiger charge is 2.37. The van der Waals surface area contributed by atoms with Gasteiger partial charge in [-0.25, -0.2) is 22.5 Å². The maximum absolute atomic E-state index is 15.1. The van der Waals surface area contributed by atoms with Crippen molar-refractivity contribution < 1.29 is 26.0 Å². The summed E-state index contributed by atoms with van der Waals surface area (Å²) >= 11 is 0. The molecule has 5 rings (SSSR count). The summed E-state index contributed by atoms with van der Waals surface area (Å²) in [5.74, 6) is -0.923. The summed E-state index contributed by atoms with van der Waals surface area (Å²) in [4.78, 5) is 7.71. The normalized spacial score (nSPS) is 17.6. The highest BCUT2D eigenvalue weighted by atomic mass is 32.2. The third kappa shape index (κ3) is 3.77. The van der Waals surface area contributed by atoms with Crippen molar-refractivity contribution in [1.82, 2.24) is 19.3 Å². The molecule has 3 heterocycles. The Bertz CT molecular complexity index is 1300. The highest BCUT2D eigenvalue weighted by molar-refractivity contribution is 7.90. The third-order valence-corrected chi connectivity index (χ3v) is 7.96. The molecule has 3 aromatic rings. The molecule has 0 atom stereocenters. The first kappa shape index (κ1) is 21.3. The average Bonchev–Trinajstić information content (AvgIpc) is 3.50. The molecule has 0 spiro atoms. The predicted octanol–water partition coefficient (Wildman–Crippen LogP) is 4.56. The van der Waals surface area contributed by atoms with E-state index in [1.165, 1.54) is 6.07 Å². The molecule has 32 heavy (non-hydrogen) atoms. The molecule has 2 aliphatic carbocycles. The van der Waals surface area contributed by atoms with Crippen LogP contribution in [0, 0.1) is 5.82 Å². The molecule has 0 aliphatic heterocycles. The number of sulfonamides is 1. The van der Waals surface area contributed by atoms with Crippen LogP contribution in [0.15, 0.2) is 30.6 Å². The quantitative estimate of drug-likeness (QED) is 0.538. The summed E-state index contributed by atoms with van der Waals surface area (Å²) in [5, 5.41) is -0.00980. The maximum atomic E-state index is 15.1. The number of halogens is 4. The molecule has 2 saturated carbocycles. The van der Waals surface area contributed by atoms with Gasteiger partial charge in [0.15, 0.2) is 5.69 Å². The zero-order valence-corrected chi connectivity index (χ0v) is 17.7. The van der Waals surface area contributed by atoms with Crippen LogP contribution in [-0.4, -0.2) is 28.2 Å². The molecule has 2 aliphatic rings.